The first kappa shape index (κ1) is 12.2. The molecule has 0 bridgehead atoms. The fourth-order valence-corrected chi connectivity index (χ4v) is 4.32. The van der Waals surface area contributed by atoms with Crippen LogP contribution in [0.4, 0.5) is 0 Å². The smallest absolute Gasteiger partial charge is 0.252 e. The summed E-state index contributed by atoms with van der Waals surface area (Å²) < 4.78 is 25.8. The van der Waals surface area contributed by atoms with E-state index in [1.54, 1.807) is 0 Å². The van der Waals surface area contributed by atoms with Gasteiger partial charge in [-0.3, -0.25) is 4.79 Å². The Kier molecular flexibility index (Phi) is 3.28. The predicted octanol–water partition coefficient (Wildman–Crippen LogP) is 0.973. The number of piperidine rings is 1. The Morgan fingerprint density at radius 1 is 1.29 bits per heavy atom. The number of hydrogen-bond donors (Lipinski definition) is 0. The van der Waals surface area contributed by atoms with E-state index in [-0.39, 0.29) is 35.9 Å². The summed E-state index contributed by atoms with van der Waals surface area (Å²) >= 11 is 0.959. The van der Waals surface area contributed by atoms with Crippen LogP contribution in [0.5, 0.6) is 0 Å². The second kappa shape index (κ2) is 4.56. The molecule has 1 aromatic heterocycles. The van der Waals surface area contributed by atoms with Crippen molar-refractivity contribution in [1.82, 2.24) is 4.31 Å². The van der Waals surface area contributed by atoms with E-state index in [1.165, 1.54) is 16.4 Å². The summed E-state index contributed by atoms with van der Waals surface area (Å²) in [6.07, 6.45) is 0.547. The van der Waals surface area contributed by atoms with Gasteiger partial charge in [-0.1, -0.05) is 0 Å². The number of nitriles is 1. The Bertz CT molecular complexity index is 573. The molecule has 90 valence electrons. The van der Waals surface area contributed by atoms with Gasteiger partial charge in [0, 0.05) is 25.9 Å². The van der Waals surface area contributed by atoms with E-state index in [4.69, 9.17) is 5.26 Å². The fourth-order valence-electron chi connectivity index (χ4n) is 1.62. The molecule has 0 saturated carbocycles. The van der Waals surface area contributed by atoms with Gasteiger partial charge in [-0.05, 0) is 12.1 Å². The number of carbonyl (C=O) groups is 1. The molecule has 5 nitrogen and oxygen atoms in total. The summed E-state index contributed by atoms with van der Waals surface area (Å²) in [6.45, 7) is 0.474. The molecule has 7 heteroatoms. The van der Waals surface area contributed by atoms with Crippen LogP contribution in [-0.4, -0.2) is 31.6 Å². The van der Waals surface area contributed by atoms with E-state index >= 15 is 0 Å². The second-order valence-electron chi connectivity index (χ2n) is 3.67. The average molecular weight is 270 g/mol. The molecular formula is C10H10N2O3S2. The van der Waals surface area contributed by atoms with Gasteiger partial charge in [-0.15, -0.1) is 11.3 Å². The van der Waals surface area contributed by atoms with E-state index in [2.05, 4.69) is 0 Å². The van der Waals surface area contributed by atoms with Crippen LogP contribution < -0.4 is 0 Å². The molecule has 0 radical (unpaired) electrons. The molecule has 1 aliphatic rings. The maximum Gasteiger partial charge on any atom is 0.252 e. The summed E-state index contributed by atoms with van der Waals surface area (Å²) in [7, 11) is -3.53. The molecule has 17 heavy (non-hydrogen) atoms. The monoisotopic (exact) mass is 270 g/mol. The third-order valence-electron chi connectivity index (χ3n) is 2.57. The largest absolute Gasteiger partial charge is 0.300 e. The zero-order valence-electron chi connectivity index (χ0n) is 8.92. The summed E-state index contributed by atoms with van der Waals surface area (Å²) in [5.74, 6) is 0.0975. The standard InChI is InChI=1S/C10H10N2O3S2/c11-7-9-1-2-10(16-9)17(14,15)12-5-3-8(13)4-6-12/h1-2H,3-6H2. The molecular weight excluding hydrogens is 260 g/mol. The van der Waals surface area contributed by atoms with Crippen LogP contribution in [0.2, 0.25) is 0 Å². The van der Waals surface area contributed by atoms with Crippen molar-refractivity contribution in [2.24, 2.45) is 0 Å². The third-order valence-corrected chi connectivity index (χ3v) is 5.92. The van der Waals surface area contributed by atoms with Crippen LogP contribution in [0, 0.1) is 11.3 Å². The minimum Gasteiger partial charge on any atom is -0.300 e. The van der Waals surface area contributed by atoms with Crippen LogP contribution in [0.1, 0.15) is 17.7 Å². The number of sulfonamides is 1. The van der Waals surface area contributed by atoms with Crippen LogP contribution >= 0.6 is 11.3 Å². The molecule has 2 heterocycles. The average Bonchev–Trinajstić information content (AvgIpc) is 2.78. The zero-order chi connectivity index (χ0) is 12.5. The van der Waals surface area contributed by atoms with Gasteiger partial charge in [-0.25, -0.2) is 8.42 Å². The number of ketones is 1. The molecule has 0 atom stereocenters. The molecule has 0 N–H and O–H groups in total. The highest BCUT2D eigenvalue weighted by molar-refractivity contribution is 7.91. The molecule has 0 aromatic carbocycles. The lowest BCUT2D eigenvalue weighted by Gasteiger charge is -2.24. The van der Waals surface area contributed by atoms with E-state index in [1.807, 2.05) is 6.07 Å². The van der Waals surface area contributed by atoms with Crippen molar-refractivity contribution in [3.8, 4) is 6.07 Å². The van der Waals surface area contributed by atoms with Crippen LogP contribution in [0.25, 0.3) is 0 Å². The van der Waals surface area contributed by atoms with Gasteiger partial charge < -0.3 is 0 Å². The Hall–Kier alpha value is -1.23. The summed E-state index contributed by atoms with van der Waals surface area (Å²) in [5.41, 5.74) is 0. The first-order valence-electron chi connectivity index (χ1n) is 5.06. The van der Waals surface area contributed by atoms with Crippen molar-refractivity contribution < 1.29 is 13.2 Å². The van der Waals surface area contributed by atoms with Crippen molar-refractivity contribution in [3.63, 3.8) is 0 Å². The van der Waals surface area contributed by atoms with E-state index in [0.717, 1.165) is 11.3 Å². The van der Waals surface area contributed by atoms with Gasteiger partial charge in [0.1, 0.15) is 20.9 Å². The predicted molar refractivity (Wildman–Crippen MR) is 62.0 cm³/mol. The summed E-state index contributed by atoms with van der Waals surface area (Å²) in [5, 5.41) is 8.67. The highest BCUT2D eigenvalue weighted by Gasteiger charge is 2.29. The third kappa shape index (κ3) is 2.39. The molecule has 1 fully saturated rings. The molecule has 0 aliphatic carbocycles. The van der Waals surface area contributed by atoms with E-state index < -0.39 is 10.0 Å². The first-order valence-corrected chi connectivity index (χ1v) is 7.31. The van der Waals surface area contributed by atoms with Gasteiger partial charge in [0.15, 0.2) is 0 Å². The molecule has 0 spiro atoms. The number of carbonyl (C=O) groups excluding carboxylic acids is 1. The van der Waals surface area contributed by atoms with Crippen LogP contribution in [0.3, 0.4) is 0 Å². The number of rotatable bonds is 2. The highest BCUT2D eigenvalue weighted by Crippen LogP contribution is 2.25. The second-order valence-corrected chi connectivity index (χ2v) is 6.92. The maximum atomic E-state index is 12.1. The number of nitrogens with zero attached hydrogens (tertiary/aromatic N) is 2. The zero-order valence-corrected chi connectivity index (χ0v) is 10.6. The van der Waals surface area contributed by atoms with Crippen LogP contribution in [-0.2, 0) is 14.8 Å². The van der Waals surface area contributed by atoms with Gasteiger partial charge in [0.2, 0.25) is 0 Å². The molecule has 0 unspecified atom stereocenters. The Balaban J connectivity index is 2.25. The lowest BCUT2D eigenvalue weighted by molar-refractivity contribution is -0.120. The Morgan fingerprint density at radius 3 is 2.47 bits per heavy atom. The SMILES string of the molecule is N#Cc1ccc(S(=O)(=O)N2CCC(=O)CC2)s1. The van der Waals surface area contributed by atoms with Gasteiger partial charge >= 0.3 is 0 Å². The van der Waals surface area contributed by atoms with Gasteiger partial charge in [0.05, 0.1) is 0 Å². The van der Waals surface area contributed by atoms with E-state index in [9.17, 15) is 13.2 Å². The van der Waals surface area contributed by atoms with Crippen molar-refractivity contribution in [3.05, 3.63) is 17.0 Å². The number of hydrogen-bond acceptors (Lipinski definition) is 5. The summed E-state index contributed by atoms with van der Waals surface area (Å²) in [4.78, 5) is 11.4. The Labute approximate surface area is 103 Å². The van der Waals surface area contributed by atoms with Crippen molar-refractivity contribution in [1.29, 1.82) is 5.26 Å². The Morgan fingerprint density at radius 2 is 1.94 bits per heavy atom. The lowest BCUT2D eigenvalue weighted by Crippen LogP contribution is -2.38. The van der Waals surface area contributed by atoms with Crippen molar-refractivity contribution in [2.45, 2.75) is 17.1 Å². The van der Waals surface area contributed by atoms with Gasteiger partial charge in [0.25, 0.3) is 10.0 Å². The quantitative estimate of drug-likeness (QED) is 0.802. The minimum atomic E-state index is -3.53. The lowest BCUT2D eigenvalue weighted by atomic mass is 10.1. The van der Waals surface area contributed by atoms with E-state index in [0.29, 0.717) is 4.88 Å². The normalized spacial score (nSPS) is 17.9. The highest BCUT2D eigenvalue weighted by atomic mass is 32.2. The van der Waals surface area contributed by atoms with Gasteiger partial charge in [-0.2, -0.15) is 9.57 Å². The maximum absolute atomic E-state index is 12.1. The fraction of sp³-hybridized carbons (Fsp3) is 0.400. The van der Waals surface area contributed by atoms with Crippen LogP contribution in [0.15, 0.2) is 16.3 Å². The minimum absolute atomic E-state index is 0.0975. The van der Waals surface area contributed by atoms with Crippen molar-refractivity contribution >= 4 is 27.1 Å². The molecule has 1 aliphatic heterocycles. The topological polar surface area (TPSA) is 78.2 Å². The number of Topliss-reactive ketones (excluding diaryl/α,β-unsaturated/α-hetero) is 1. The first-order chi connectivity index (χ1) is 8.04. The molecule has 1 saturated heterocycles. The number of thiophene rings is 1. The molecule has 1 aromatic rings. The molecule has 2 rings (SSSR count). The van der Waals surface area contributed by atoms with Crippen molar-refractivity contribution in [2.75, 3.05) is 13.1 Å². The summed E-state index contributed by atoms with van der Waals surface area (Å²) in [6, 6.07) is 4.84. The molecule has 0 amide bonds.